The summed E-state index contributed by atoms with van der Waals surface area (Å²) in [5.74, 6) is 2.89. The molecule has 1 N–H and O–H groups in total. The number of hydrogen-bond donors (Lipinski definition) is 1. The molecular weight excluding hydrogens is 330 g/mol. The molecule has 7 heteroatoms. The molecule has 3 heterocycles. The Morgan fingerprint density at radius 2 is 2.04 bits per heavy atom. The highest BCUT2D eigenvalue weighted by molar-refractivity contribution is 5.94. The van der Waals surface area contributed by atoms with Gasteiger partial charge < -0.3 is 14.6 Å². The average Bonchev–Trinajstić information content (AvgIpc) is 3.04. The van der Waals surface area contributed by atoms with Gasteiger partial charge in [-0.25, -0.2) is 4.98 Å². The highest BCUT2D eigenvalue weighted by atomic mass is 16.5. The van der Waals surface area contributed by atoms with Gasteiger partial charge in [-0.05, 0) is 31.5 Å². The summed E-state index contributed by atoms with van der Waals surface area (Å²) in [7, 11) is 0. The second kappa shape index (κ2) is 6.95. The third-order valence-corrected chi connectivity index (χ3v) is 4.43. The minimum atomic E-state index is -0.136. The van der Waals surface area contributed by atoms with E-state index in [1.54, 1.807) is 12.1 Å². The lowest BCUT2D eigenvalue weighted by Gasteiger charge is -2.24. The van der Waals surface area contributed by atoms with Crippen LogP contribution in [-0.2, 0) is 13.0 Å². The van der Waals surface area contributed by atoms with Crippen LogP contribution in [0.2, 0.25) is 0 Å². The zero-order valence-electron chi connectivity index (χ0n) is 14.4. The van der Waals surface area contributed by atoms with E-state index in [4.69, 9.17) is 4.74 Å². The van der Waals surface area contributed by atoms with Crippen molar-refractivity contribution in [3.8, 4) is 11.6 Å². The van der Waals surface area contributed by atoms with Crippen LogP contribution in [0, 0.1) is 6.92 Å². The van der Waals surface area contributed by atoms with Gasteiger partial charge in [-0.1, -0.05) is 18.2 Å². The molecule has 1 aliphatic heterocycles. The number of rotatable bonds is 4. The highest BCUT2D eigenvalue weighted by Crippen LogP contribution is 2.19. The topological polar surface area (TPSA) is 81.9 Å². The summed E-state index contributed by atoms with van der Waals surface area (Å²) in [4.78, 5) is 16.7. The molecule has 0 radical (unpaired) electrons. The van der Waals surface area contributed by atoms with Crippen LogP contribution in [-0.4, -0.2) is 31.7 Å². The predicted octanol–water partition coefficient (Wildman–Crippen LogP) is 2.52. The van der Waals surface area contributed by atoms with Crippen molar-refractivity contribution in [1.82, 2.24) is 25.1 Å². The summed E-state index contributed by atoms with van der Waals surface area (Å²) in [6, 6.07) is 12.9. The molecule has 3 aromatic rings. The molecule has 1 aromatic carbocycles. The van der Waals surface area contributed by atoms with Crippen LogP contribution < -0.4 is 10.1 Å². The number of benzene rings is 1. The Morgan fingerprint density at radius 3 is 2.81 bits per heavy atom. The fourth-order valence-electron chi connectivity index (χ4n) is 3.03. The van der Waals surface area contributed by atoms with Crippen LogP contribution in [0.25, 0.3) is 0 Å². The minimum absolute atomic E-state index is 0.0601. The SMILES string of the molecule is Cc1nnc2n1C[C@H](NC(=O)c1ccc(Oc3ccccc3)nc1)CC2. The number of para-hydroxylation sites is 1. The van der Waals surface area contributed by atoms with Crippen molar-refractivity contribution in [1.29, 1.82) is 0 Å². The van der Waals surface area contributed by atoms with Crippen molar-refractivity contribution in [2.45, 2.75) is 32.4 Å². The van der Waals surface area contributed by atoms with Crippen LogP contribution >= 0.6 is 0 Å². The van der Waals surface area contributed by atoms with Gasteiger partial charge >= 0.3 is 0 Å². The summed E-state index contributed by atoms with van der Waals surface area (Å²) in [6.45, 7) is 2.62. The van der Waals surface area contributed by atoms with Gasteiger partial charge in [0.25, 0.3) is 5.91 Å². The zero-order chi connectivity index (χ0) is 17.9. The van der Waals surface area contributed by atoms with E-state index in [0.29, 0.717) is 23.7 Å². The largest absolute Gasteiger partial charge is 0.439 e. The molecule has 1 amide bonds. The lowest BCUT2D eigenvalue weighted by atomic mass is 10.1. The van der Waals surface area contributed by atoms with Crippen molar-refractivity contribution in [2.24, 2.45) is 0 Å². The molecule has 132 valence electrons. The Balaban J connectivity index is 1.39. The smallest absolute Gasteiger partial charge is 0.253 e. The number of nitrogens with zero attached hydrogens (tertiary/aromatic N) is 4. The number of hydrogen-bond acceptors (Lipinski definition) is 5. The van der Waals surface area contributed by atoms with E-state index in [-0.39, 0.29) is 11.9 Å². The van der Waals surface area contributed by atoms with Crippen LogP contribution in [0.5, 0.6) is 11.6 Å². The van der Waals surface area contributed by atoms with E-state index in [9.17, 15) is 4.79 Å². The van der Waals surface area contributed by atoms with E-state index in [1.165, 1.54) is 6.20 Å². The number of ether oxygens (including phenoxy) is 1. The van der Waals surface area contributed by atoms with Gasteiger partial charge in [-0.15, -0.1) is 10.2 Å². The van der Waals surface area contributed by atoms with E-state index < -0.39 is 0 Å². The molecule has 0 saturated carbocycles. The second-order valence-corrected chi connectivity index (χ2v) is 6.28. The number of amides is 1. The van der Waals surface area contributed by atoms with Gasteiger partial charge in [0.1, 0.15) is 17.4 Å². The summed E-state index contributed by atoms with van der Waals surface area (Å²) < 4.78 is 7.71. The number of pyridine rings is 1. The van der Waals surface area contributed by atoms with Gasteiger partial charge in [-0.2, -0.15) is 0 Å². The first-order valence-corrected chi connectivity index (χ1v) is 8.57. The Kier molecular flexibility index (Phi) is 4.35. The van der Waals surface area contributed by atoms with Crippen molar-refractivity contribution >= 4 is 5.91 Å². The fourth-order valence-corrected chi connectivity index (χ4v) is 3.03. The maximum atomic E-state index is 12.5. The molecule has 26 heavy (non-hydrogen) atoms. The number of carbonyl (C=O) groups excluding carboxylic acids is 1. The average molecular weight is 349 g/mol. The first-order valence-electron chi connectivity index (χ1n) is 8.57. The summed E-state index contributed by atoms with van der Waals surface area (Å²) >= 11 is 0. The van der Waals surface area contributed by atoms with Gasteiger partial charge in [0.15, 0.2) is 0 Å². The fraction of sp³-hybridized carbons (Fsp3) is 0.263. The number of aromatic nitrogens is 4. The van der Waals surface area contributed by atoms with Gasteiger partial charge in [-0.3, -0.25) is 4.79 Å². The van der Waals surface area contributed by atoms with Gasteiger partial charge in [0.2, 0.25) is 5.88 Å². The molecule has 1 atom stereocenters. The molecular formula is C19H19N5O2. The van der Waals surface area contributed by atoms with Crippen molar-refractivity contribution in [3.63, 3.8) is 0 Å². The quantitative estimate of drug-likeness (QED) is 0.783. The zero-order valence-corrected chi connectivity index (χ0v) is 14.4. The maximum Gasteiger partial charge on any atom is 0.253 e. The third-order valence-electron chi connectivity index (χ3n) is 4.43. The molecule has 1 aliphatic rings. The molecule has 0 aliphatic carbocycles. The molecule has 7 nitrogen and oxygen atoms in total. The first kappa shape index (κ1) is 16.3. The second-order valence-electron chi connectivity index (χ2n) is 6.28. The molecule has 4 rings (SSSR count). The lowest BCUT2D eigenvalue weighted by molar-refractivity contribution is 0.0927. The number of nitrogens with one attached hydrogen (secondary N) is 1. The molecule has 0 fully saturated rings. The summed E-state index contributed by atoms with van der Waals surface area (Å²) in [6.07, 6.45) is 3.20. The summed E-state index contributed by atoms with van der Waals surface area (Å²) in [5, 5.41) is 11.3. The molecule has 0 saturated heterocycles. The number of fused-ring (bicyclic) bond motifs is 1. The van der Waals surface area contributed by atoms with E-state index in [1.807, 2.05) is 37.3 Å². The van der Waals surface area contributed by atoms with Crippen LogP contribution in [0.3, 0.4) is 0 Å². The standard InChI is InChI=1S/C19H19N5O2/c1-13-22-23-17-9-8-15(12-24(13)17)21-19(25)14-7-10-18(20-11-14)26-16-5-3-2-4-6-16/h2-7,10-11,15H,8-9,12H2,1H3,(H,21,25)/t15-/m1/s1. The van der Waals surface area contributed by atoms with Crippen LogP contribution in [0.15, 0.2) is 48.7 Å². The third kappa shape index (κ3) is 3.42. The number of carbonyl (C=O) groups is 1. The first-order chi connectivity index (χ1) is 12.7. The number of aryl methyl sites for hydroxylation is 2. The molecule has 2 aromatic heterocycles. The molecule has 0 unspecified atom stereocenters. The maximum absolute atomic E-state index is 12.5. The predicted molar refractivity (Wildman–Crippen MR) is 95.1 cm³/mol. The Labute approximate surface area is 151 Å². The van der Waals surface area contributed by atoms with Gasteiger partial charge in [0.05, 0.1) is 5.56 Å². The highest BCUT2D eigenvalue weighted by Gasteiger charge is 2.23. The van der Waals surface area contributed by atoms with E-state index in [2.05, 4.69) is 25.1 Å². The lowest BCUT2D eigenvalue weighted by Crippen LogP contribution is -2.41. The Morgan fingerprint density at radius 1 is 1.19 bits per heavy atom. The van der Waals surface area contributed by atoms with Crippen molar-refractivity contribution < 1.29 is 9.53 Å². The van der Waals surface area contributed by atoms with Crippen LogP contribution in [0.4, 0.5) is 0 Å². The monoisotopic (exact) mass is 349 g/mol. The van der Waals surface area contributed by atoms with Gasteiger partial charge in [0, 0.05) is 31.3 Å². The summed E-state index contributed by atoms with van der Waals surface area (Å²) in [5.41, 5.74) is 0.511. The normalized spacial score (nSPS) is 16.0. The Bertz CT molecular complexity index is 905. The van der Waals surface area contributed by atoms with Crippen LogP contribution in [0.1, 0.15) is 28.4 Å². The van der Waals surface area contributed by atoms with Crippen molar-refractivity contribution in [3.05, 3.63) is 65.9 Å². The Hall–Kier alpha value is -3.22. The molecule has 0 spiro atoms. The van der Waals surface area contributed by atoms with Crippen molar-refractivity contribution in [2.75, 3.05) is 0 Å². The van der Waals surface area contributed by atoms with E-state index >= 15 is 0 Å². The van der Waals surface area contributed by atoms with E-state index in [0.717, 1.165) is 24.5 Å². The molecule has 0 bridgehead atoms. The minimum Gasteiger partial charge on any atom is -0.439 e.